The largest absolute Gasteiger partial charge is 0.468 e. The number of benzene rings is 1. The van der Waals surface area contributed by atoms with Crippen molar-refractivity contribution in [3.05, 3.63) is 53.0 Å². The highest BCUT2D eigenvalue weighted by atomic mass is 32.2. The van der Waals surface area contributed by atoms with Crippen LogP contribution < -0.4 is 10.5 Å². The highest BCUT2D eigenvalue weighted by Gasteiger charge is 2.35. The third-order valence-corrected chi connectivity index (χ3v) is 5.60. The van der Waals surface area contributed by atoms with Crippen LogP contribution in [-0.2, 0) is 24.3 Å². The van der Waals surface area contributed by atoms with Crippen LogP contribution in [0.15, 0.2) is 40.9 Å². The number of rotatable bonds is 5. The van der Waals surface area contributed by atoms with Gasteiger partial charge in [-0.15, -0.1) is 0 Å². The maximum Gasteiger partial charge on any atom is 0.329 e. The molecule has 1 fully saturated rings. The lowest BCUT2D eigenvalue weighted by Crippen LogP contribution is -2.36. The molecule has 3 rings (SSSR count). The molecule has 1 aliphatic rings. The van der Waals surface area contributed by atoms with E-state index in [9.17, 15) is 22.8 Å². The van der Waals surface area contributed by atoms with Gasteiger partial charge in [0.2, 0.25) is 10.0 Å². The van der Waals surface area contributed by atoms with Gasteiger partial charge in [0.1, 0.15) is 12.2 Å². The second-order valence-corrected chi connectivity index (χ2v) is 8.22. The number of primary sulfonamides is 1. The first-order valence-electron chi connectivity index (χ1n) is 8.76. The van der Waals surface area contributed by atoms with Gasteiger partial charge in [-0.05, 0) is 55.8 Å². The van der Waals surface area contributed by atoms with Crippen molar-refractivity contribution in [1.29, 1.82) is 0 Å². The van der Waals surface area contributed by atoms with Crippen LogP contribution in [0.1, 0.15) is 17.0 Å². The van der Waals surface area contributed by atoms with E-state index in [2.05, 4.69) is 10.1 Å². The molecule has 1 aliphatic heterocycles. The Morgan fingerprint density at radius 1 is 1.20 bits per heavy atom. The fraction of sp³-hybridized carbons (Fsp3) is 0.211. The molecule has 0 radical (unpaired) electrons. The molecule has 0 aliphatic carbocycles. The van der Waals surface area contributed by atoms with Crippen molar-refractivity contribution >= 4 is 34.0 Å². The minimum Gasteiger partial charge on any atom is -0.468 e. The zero-order valence-electron chi connectivity index (χ0n) is 16.5. The number of nitrogens with zero attached hydrogens (tertiary/aromatic N) is 2. The number of esters is 1. The van der Waals surface area contributed by atoms with E-state index in [-0.39, 0.29) is 10.6 Å². The van der Waals surface area contributed by atoms with Crippen LogP contribution in [0, 0.1) is 13.8 Å². The lowest BCUT2D eigenvalue weighted by Gasteiger charge is -2.10. The number of amides is 3. The van der Waals surface area contributed by atoms with Crippen molar-refractivity contribution in [2.45, 2.75) is 18.7 Å². The summed E-state index contributed by atoms with van der Waals surface area (Å²) in [5, 5.41) is 7.59. The Kier molecular flexibility index (Phi) is 5.51. The Morgan fingerprint density at radius 3 is 2.40 bits per heavy atom. The number of nitrogens with one attached hydrogen (secondary N) is 1. The number of carbonyl (C=O) groups is 3. The van der Waals surface area contributed by atoms with Gasteiger partial charge in [0, 0.05) is 17.1 Å². The number of hydrogen-bond donors (Lipinski definition) is 2. The van der Waals surface area contributed by atoms with Crippen molar-refractivity contribution in [1.82, 2.24) is 14.8 Å². The molecule has 0 saturated carbocycles. The zero-order valence-corrected chi connectivity index (χ0v) is 17.3. The Labute approximate surface area is 173 Å². The van der Waals surface area contributed by atoms with Gasteiger partial charge < -0.3 is 14.6 Å². The third-order valence-electron chi connectivity index (χ3n) is 4.67. The summed E-state index contributed by atoms with van der Waals surface area (Å²) in [6.45, 7) is 3.19. The second kappa shape index (κ2) is 7.76. The molecule has 0 unspecified atom stereocenters. The van der Waals surface area contributed by atoms with Crippen LogP contribution in [0.25, 0.3) is 11.8 Å². The number of ether oxygens (including phenoxy) is 1. The van der Waals surface area contributed by atoms with Gasteiger partial charge in [-0.2, -0.15) is 0 Å². The van der Waals surface area contributed by atoms with Crippen LogP contribution >= 0.6 is 0 Å². The van der Waals surface area contributed by atoms with Crippen LogP contribution in [0.5, 0.6) is 0 Å². The summed E-state index contributed by atoms with van der Waals surface area (Å²) in [6, 6.07) is 7.18. The van der Waals surface area contributed by atoms with Crippen LogP contribution in [0.2, 0.25) is 0 Å². The first-order valence-corrected chi connectivity index (χ1v) is 10.3. The Bertz CT molecular complexity index is 1180. The third kappa shape index (κ3) is 3.98. The maximum atomic E-state index is 12.5. The Morgan fingerprint density at radius 2 is 1.83 bits per heavy atom. The Balaban J connectivity index is 1.94. The first kappa shape index (κ1) is 21.3. The van der Waals surface area contributed by atoms with Crippen molar-refractivity contribution < 1.29 is 27.5 Å². The van der Waals surface area contributed by atoms with Gasteiger partial charge in [0.15, 0.2) is 0 Å². The van der Waals surface area contributed by atoms with E-state index in [1.54, 1.807) is 12.1 Å². The fourth-order valence-electron chi connectivity index (χ4n) is 3.18. The fourth-order valence-corrected chi connectivity index (χ4v) is 3.70. The summed E-state index contributed by atoms with van der Waals surface area (Å²) < 4.78 is 29.3. The van der Waals surface area contributed by atoms with E-state index >= 15 is 0 Å². The molecule has 2 aromatic rings. The van der Waals surface area contributed by atoms with Crippen LogP contribution in [-0.4, -0.2) is 49.4 Å². The van der Waals surface area contributed by atoms with Crippen molar-refractivity contribution in [3.63, 3.8) is 0 Å². The molecule has 1 aromatic heterocycles. The molecular weight excluding hydrogens is 412 g/mol. The van der Waals surface area contributed by atoms with Crippen molar-refractivity contribution in [2.24, 2.45) is 5.14 Å². The molecule has 3 N–H and O–H groups in total. The van der Waals surface area contributed by atoms with Crippen molar-refractivity contribution in [3.8, 4) is 5.69 Å². The molecule has 2 heterocycles. The molecule has 10 nitrogen and oxygen atoms in total. The van der Waals surface area contributed by atoms with Gasteiger partial charge >= 0.3 is 12.0 Å². The van der Waals surface area contributed by atoms with E-state index in [0.717, 1.165) is 16.3 Å². The van der Waals surface area contributed by atoms with Gasteiger partial charge in [0.25, 0.3) is 5.91 Å². The topological polar surface area (TPSA) is 141 Å². The number of nitrogens with two attached hydrogens (primary N) is 1. The minimum absolute atomic E-state index is 0.000941. The summed E-state index contributed by atoms with van der Waals surface area (Å²) in [4.78, 5) is 36.6. The molecule has 3 amide bonds. The molecule has 30 heavy (non-hydrogen) atoms. The molecule has 0 bridgehead atoms. The highest BCUT2D eigenvalue weighted by molar-refractivity contribution is 7.89. The summed E-state index contributed by atoms with van der Waals surface area (Å²) in [5.74, 6) is -1.34. The number of aromatic nitrogens is 1. The van der Waals surface area contributed by atoms with E-state index in [0.29, 0.717) is 11.3 Å². The van der Waals surface area contributed by atoms with Crippen LogP contribution in [0.3, 0.4) is 0 Å². The number of methoxy groups -OCH3 is 1. The molecular formula is C19H20N4O6S. The number of carbonyl (C=O) groups excluding carboxylic acids is 3. The van der Waals surface area contributed by atoms with Gasteiger partial charge in [-0.25, -0.2) is 23.3 Å². The smallest absolute Gasteiger partial charge is 0.329 e. The zero-order chi connectivity index (χ0) is 22.2. The lowest BCUT2D eigenvalue weighted by molar-refractivity contribution is -0.143. The molecule has 1 aromatic carbocycles. The van der Waals surface area contributed by atoms with Crippen LogP contribution in [0.4, 0.5) is 4.79 Å². The normalized spacial score (nSPS) is 15.6. The average molecular weight is 432 g/mol. The molecule has 11 heteroatoms. The van der Waals surface area contributed by atoms with E-state index in [1.165, 1.54) is 25.3 Å². The molecule has 0 spiro atoms. The predicted octanol–water partition coefficient (Wildman–Crippen LogP) is 0.807. The summed E-state index contributed by atoms with van der Waals surface area (Å²) in [6.07, 6.45) is 1.52. The minimum atomic E-state index is -3.79. The lowest BCUT2D eigenvalue weighted by atomic mass is 10.2. The highest BCUT2D eigenvalue weighted by Crippen LogP contribution is 2.24. The number of urea groups is 1. The van der Waals surface area contributed by atoms with Crippen molar-refractivity contribution in [2.75, 3.05) is 13.7 Å². The van der Waals surface area contributed by atoms with Gasteiger partial charge in [0.05, 0.1) is 12.0 Å². The van der Waals surface area contributed by atoms with E-state index in [1.807, 2.05) is 24.5 Å². The quantitative estimate of drug-likeness (QED) is 0.407. The molecule has 0 atom stereocenters. The van der Waals surface area contributed by atoms with Gasteiger partial charge in [-0.3, -0.25) is 9.59 Å². The number of sulfonamides is 1. The van der Waals surface area contributed by atoms with Gasteiger partial charge in [-0.1, -0.05) is 0 Å². The number of imide groups is 1. The summed E-state index contributed by atoms with van der Waals surface area (Å²) in [5.41, 5.74) is 3.00. The summed E-state index contributed by atoms with van der Waals surface area (Å²) in [7, 11) is -2.63. The SMILES string of the molecule is COC(=O)CN1C(=O)N/C(=C/c2cc(C)n(-c3ccc(S(N)(=O)=O)cc3)c2C)C1=O. The van der Waals surface area contributed by atoms with E-state index < -0.39 is 34.5 Å². The first-order chi connectivity index (χ1) is 14.0. The average Bonchev–Trinajstić information content (AvgIpc) is 3.10. The monoisotopic (exact) mass is 432 g/mol. The molecule has 158 valence electrons. The predicted molar refractivity (Wildman–Crippen MR) is 107 cm³/mol. The number of aryl methyl sites for hydroxylation is 1. The van der Waals surface area contributed by atoms with E-state index in [4.69, 9.17) is 5.14 Å². The Hall–Kier alpha value is -3.44. The second-order valence-electron chi connectivity index (χ2n) is 6.66. The standard InChI is InChI=1S/C19H20N4O6S/c1-11-8-13(9-16-18(25)22(19(26)21-16)10-17(24)29-3)12(2)23(11)14-4-6-15(7-5-14)30(20,27)28/h4-9H,10H2,1-3H3,(H,21,26)(H2,20,27,28)/b16-9+. The maximum absolute atomic E-state index is 12.5. The number of hydrogen-bond acceptors (Lipinski definition) is 6. The molecule has 1 saturated heterocycles. The summed E-state index contributed by atoms with van der Waals surface area (Å²) >= 11 is 0.